The number of benzene rings is 2. The minimum atomic E-state index is 0.220. The van der Waals surface area contributed by atoms with Gasteiger partial charge in [0.25, 0.3) is 0 Å². The van der Waals surface area contributed by atoms with Crippen molar-refractivity contribution in [2.75, 3.05) is 5.32 Å². The number of rotatable bonds is 3. The van der Waals surface area contributed by atoms with Gasteiger partial charge in [-0.25, -0.2) is 4.98 Å². The second-order valence-electron chi connectivity index (χ2n) is 5.56. The Morgan fingerprint density at radius 3 is 2.40 bits per heavy atom. The van der Waals surface area contributed by atoms with Crippen molar-refractivity contribution in [1.29, 1.82) is 0 Å². The summed E-state index contributed by atoms with van der Waals surface area (Å²) in [6.45, 7) is 0. The van der Waals surface area contributed by atoms with Crippen LogP contribution in [0.15, 0.2) is 71.3 Å². The summed E-state index contributed by atoms with van der Waals surface area (Å²) in [5.74, 6) is 1.03. The van der Waals surface area contributed by atoms with E-state index in [2.05, 4.69) is 21.2 Å². The van der Waals surface area contributed by atoms with Crippen LogP contribution >= 0.6 is 27.5 Å². The second-order valence-corrected chi connectivity index (χ2v) is 6.92. The highest BCUT2D eigenvalue weighted by molar-refractivity contribution is 9.10. The summed E-state index contributed by atoms with van der Waals surface area (Å²) < 4.78 is 2.94. The predicted molar refractivity (Wildman–Crippen MR) is 105 cm³/mol. The average Bonchev–Trinajstić information content (AvgIpc) is 2.95. The summed E-state index contributed by atoms with van der Waals surface area (Å²) in [7, 11) is 0. The van der Waals surface area contributed by atoms with Crippen LogP contribution in [-0.2, 0) is 0 Å². The lowest BCUT2D eigenvalue weighted by molar-refractivity contribution is 0.475. The van der Waals surface area contributed by atoms with E-state index >= 15 is 0 Å². The molecule has 6 heteroatoms. The van der Waals surface area contributed by atoms with Gasteiger partial charge >= 0.3 is 0 Å². The molecule has 0 aliphatic carbocycles. The van der Waals surface area contributed by atoms with Gasteiger partial charge in [-0.2, -0.15) is 0 Å². The number of hydrogen-bond donors (Lipinski definition) is 2. The Morgan fingerprint density at radius 2 is 1.68 bits per heavy atom. The highest BCUT2D eigenvalue weighted by atomic mass is 79.9. The Morgan fingerprint density at radius 1 is 0.960 bits per heavy atom. The minimum absolute atomic E-state index is 0.220. The number of aromatic nitrogens is 2. The molecule has 0 aliphatic rings. The number of nitrogens with zero attached hydrogens (tertiary/aromatic N) is 2. The summed E-state index contributed by atoms with van der Waals surface area (Å²) in [5.41, 5.74) is 3.40. The van der Waals surface area contributed by atoms with Crippen LogP contribution in [0.5, 0.6) is 5.75 Å². The molecule has 4 rings (SSSR count). The molecule has 0 unspecified atom stereocenters. The van der Waals surface area contributed by atoms with Gasteiger partial charge in [0.15, 0.2) is 0 Å². The van der Waals surface area contributed by atoms with E-state index in [1.807, 2.05) is 59.1 Å². The number of anilines is 2. The van der Waals surface area contributed by atoms with Crippen molar-refractivity contribution < 1.29 is 5.11 Å². The molecule has 124 valence electrons. The zero-order valence-electron chi connectivity index (χ0n) is 12.9. The SMILES string of the molecule is Oc1ccc(-c2nc3ccc(Cl)cn3c2Nc2ccc(Br)cc2)cc1. The maximum Gasteiger partial charge on any atom is 0.143 e. The third-order valence-corrected chi connectivity index (χ3v) is 4.58. The van der Waals surface area contributed by atoms with Gasteiger partial charge in [-0.05, 0) is 60.7 Å². The van der Waals surface area contributed by atoms with Gasteiger partial charge < -0.3 is 10.4 Å². The van der Waals surface area contributed by atoms with Gasteiger partial charge in [0, 0.05) is 21.9 Å². The lowest BCUT2D eigenvalue weighted by atomic mass is 10.1. The van der Waals surface area contributed by atoms with Crippen molar-refractivity contribution >= 4 is 44.7 Å². The number of phenols is 1. The summed E-state index contributed by atoms with van der Waals surface area (Å²) in [6.07, 6.45) is 1.83. The first-order valence-corrected chi connectivity index (χ1v) is 8.77. The lowest BCUT2D eigenvalue weighted by Gasteiger charge is -2.09. The summed E-state index contributed by atoms with van der Waals surface area (Å²) in [5, 5.41) is 13.6. The van der Waals surface area contributed by atoms with Gasteiger partial charge in [-0.15, -0.1) is 0 Å². The van der Waals surface area contributed by atoms with E-state index in [0.717, 1.165) is 32.9 Å². The van der Waals surface area contributed by atoms with E-state index < -0.39 is 0 Å². The normalized spacial score (nSPS) is 11.0. The molecule has 2 N–H and O–H groups in total. The first-order valence-electron chi connectivity index (χ1n) is 7.60. The molecule has 2 aromatic carbocycles. The number of fused-ring (bicyclic) bond motifs is 1. The van der Waals surface area contributed by atoms with Crippen LogP contribution < -0.4 is 5.32 Å². The van der Waals surface area contributed by atoms with Crippen molar-refractivity contribution in [2.24, 2.45) is 0 Å². The van der Waals surface area contributed by atoms with Crippen molar-refractivity contribution in [3.63, 3.8) is 0 Å². The standard InChI is InChI=1S/C19H13BrClN3O/c20-13-3-6-15(7-4-13)22-19-18(12-1-8-16(25)9-2-12)23-17-10-5-14(21)11-24(17)19/h1-11,22,25H. The molecule has 0 aliphatic heterocycles. The fraction of sp³-hybridized carbons (Fsp3) is 0. The zero-order chi connectivity index (χ0) is 17.4. The van der Waals surface area contributed by atoms with Crippen molar-refractivity contribution in [3.05, 3.63) is 76.4 Å². The maximum absolute atomic E-state index is 9.55. The number of imidazole rings is 1. The van der Waals surface area contributed by atoms with Crippen LogP contribution in [0, 0.1) is 0 Å². The van der Waals surface area contributed by atoms with Crippen LogP contribution in [0.1, 0.15) is 0 Å². The number of halogens is 2. The van der Waals surface area contributed by atoms with Gasteiger partial charge in [0.05, 0.1) is 5.02 Å². The first kappa shape index (κ1) is 16.0. The predicted octanol–water partition coefficient (Wildman–Crippen LogP) is 5.87. The van der Waals surface area contributed by atoms with E-state index in [0.29, 0.717) is 5.02 Å². The molecule has 0 fully saturated rings. The van der Waals surface area contributed by atoms with Crippen LogP contribution in [-0.4, -0.2) is 14.5 Å². The van der Waals surface area contributed by atoms with Gasteiger partial charge in [0.2, 0.25) is 0 Å². The van der Waals surface area contributed by atoms with Crippen molar-refractivity contribution in [2.45, 2.75) is 0 Å². The smallest absolute Gasteiger partial charge is 0.143 e. The molecule has 0 radical (unpaired) electrons. The van der Waals surface area contributed by atoms with E-state index in [9.17, 15) is 5.11 Å². The van der Waals surface area contributed by atoms with Crippen molar-refractivity contribution in [1.82, 2.24) is 9.38 Å². The lowest BCUT2D eigenvalue weighted by Crippen LogP contribution is -1.97. The second kappa shape index (κ2) is 6.43. The summed E-state index contributed by atoms with van der Waals surface area (Å²) >= 11 is 9.62. The zero-order valence-corrected chi connectivity index (χ0v) is 15.3. The number of nitrogens with one attached hydrogen (secondary N) is 1. The van der Waals surface area contributed by atoms with Gasteiger partial charge in [0.1, 0.15) is 22.9 Å². The molecule has 4 nitrogen and oxygen atoms in total. The fourth-order valence-electron chi connectivity index (χ4n) is 2.63. The van der Waals surface area contributed by atoms with Crippen molar-refractivity contribution in [3.8, 4) is 17.0 Å². The number of aromatic hydroxyl groups is 1. The Kier molecular flexibility index (Phi) is 4.11. The molecule has 2 heterocycles. The number of phenolic OH excluding ortho intramolecular Hbond substituents is 1. The largest absolute Gasteiger partial charge is 0.508 e. The quantitative estimate of drug-likeness (QED) is 0.441. The van der Waals surface area contributed by atoms with Crippen LogP contribution in [0.4, 0.5) is 11.5 Å². The summed E-state index contributed by atoms with van der Waals surface area (Å²) in [6, 6.07) is 18.6. The van der Waals surface area contributed by atoms with E-state index in [-0.39, 0.29) is 5.75 Å². The Balaban J connectivity index is 1.89. The third-order valence-electron chi connectivity index (χ3n) is 3.83. The molecule has 0 saturated heterocycles. The molecular weight excluding hydrogens is 402 g/mol. The molecule has 2 aromatic heterocycles. The Bertz CT molecular complexity index is 1040. The highest BCUT2D eigenvalue weighted by Gasteiger charge is 2.15. The topological polar surface area (TPSA) is 49.6 Å². The van der Waals surface area contributed by atoms with Crippen LogP contribution in [0.3, 0.4) is 0 Å². The molecule has 0 saturated carbocycles. The number of pyridine rings is 1. The third kappa shape index (κ3) is 3.21. The molecule has 0 bridgehead atoms. The van der Waals surface area contributed by atoms with E-state index in [4.69, 9.17) is 16.6 Å². The summed E-state index contributed by atoms with van der Waals surface area (Å²) in [4.78, 5) is 4.72. The molecule has 25 heavy (non-hydrogen) atoms. The van der Waals surface area contributed by atoms with E-state index in [1.165, 1.54) is 0 Å². The highest BCUT2D eigenvalue weighted by Crippen LogP contribution is 2.33. The van der Waals surface area contributed by atoms with Crippen LogP contribution in [0.2, 0.25) is 5.02 Å². The van der Waals surface area contributed by atoms with Crippen LogP contribution in [0.25, 0.3) is 16.9 Å². The molecule has 4 aromatic rings. The molecule has 0 spiro atoms. The monoisotopic (exact) mass is 413 g/mol. The fourth-order valence-corrected chi connectivity index (χ4v) is 3.05. The average molecular weight is 415 g/mol. The Labute approximate surface area is 157 Å². The molecule has 0 atom stereocenters. The maximum atomic E-state index is 9.55. The van der Waals surface area contributed by atoms with Gasteiger partial charge in [-0.3, -0.25) is 4.40 Å². The molecular formula is C19H13BrClN3O. The van der Waals surface area contributed by atoms with Gasteiger partial charge in [-0.1, -0.05) is 27.5 Å². The number of hydrogen-bond acceptors (Lipinski definition) is 3. The van der Waals surface area contributed by atoms with E-state index in [1.54, 1.807) is 12.1 Å². The molecule has 0 amide bonds. The minimum Gasteiger partial charge on any atom is -0.508 e. The first-order chi connectivity index (χ1) is 12.1. The Hall–Kier alpha value is -2.50.